The van der Waals surface area contributed by atoms with Crippen LogP contribution < -0.4 is 5.32 Å². The highest BCUT2D eigenvalue weighted by Crippen LogP contribution is 2.37. The van der Waals surface area contributed by atoms with Crippen molar-refractivity contribution in [3.63, 3.8) is 0 Å². The van der Waals surface area contributed by atoms with E-state index in [9.17, 15) is 13.2 Å². The number of rotatable bonds is 6. The quantitative estimate of drug-likeness (QED) is 0.557. The van der Waals surface area contributed by atoms with Gasteiger partial charge in [0.15, 0.2) is 0 Å². The summed E-state index contributed by atoms with van der Waals surface area (Å²) in [4.78, 5) is 0. The number of anilines is 1. The molecule has 2 aromatic carbocycles. The second kappa shape index (κ2) is 8.94. The first kappa shape index (κ1) is 20.8. The minimum absolute atomic E-state index is 0.273. The van der Waals surface area contributed by atoms with E-state index in [1.807, 2.05) is 57.3 Å². The van der Waals surface area contributed by atoms with Gasteiger partial charge in [0.2, 0.25) is 0 Å². The van der Waals surface area contributed by atoms with Crippen LogP contribution in [0.2, 0.25) is 0 Å². The summed E-state index contributed by atoms with van der Waals surface area (Å²) in [6.07, 6.45) is 1.33. The molecule has 0 aliphatic heterocycles. The Morgan fingerprint density at radius 1 is 1.04 bits per heavy atom. The van der Waals surface area contributed by atoms with Gasteiger partial charge in [0, 0.05) is 5.69 Å². The third-order valence-electron chi connectivity index (χ3n) is 4.39. The van der Waals surface area contributed by atoms with E-state index < -0.39 is 12.1 Å². The van der Waals surface area contributed by atoms with Crippen molar-refractivity contribution in [2.75, 3.05) is 5.32 Å². The third kappa shape index (κ3) is 6.31. The van der Waals surface area contributed by atoms with Gasteiger partial charge < -0.3 is 5.32 Å². The fraction of sp³-hybridized carbons (Fsp3) is 0.304. The number of hydrogen-bond donors (Lipinski definition) is 1. The van der Waals surface area contributed by atoms with Crippen LogP contribution in [-0.4, -0.2) is 6.18 Å². The summed E-state index contributed by atoms with van der Waals surface area (Å²) in [5.74, 6) is -1.62. The number of alkyl halides is 3. The molecule has 0 spiro atoms. The topological polar surface area (TPSA) is 12.0 Å². The highest BCUT2D eigenvalue weighted by Gasteiger charge is 2.38. The zero-order chi connectivity index (χ0) is 20.0. The van der Waals surface area contributed by atoms with Crippen LogP contribution in [0.15, 0.2) is 60.3 Å². The van der Waals surface area contributed by atoms with Crippen LogP contribution in [0.3, 0.4) is 0 Å². The lowest BCUT2D eigenvalue weighted by Gasteiger charge is -2.18. The summed E-state index contributed by atoms with van der Waals surface area (Å²) in [5, 5.41) is 3.18. The van der Waals surface area contributed by atoms with Crippen molar-refractivity contribution in [3.8, 4) is 0 Å². The largest absolute Gasteiger partial charge is 0.399 e. The standard InChI is InChI=1S/C23H26F3N/c1-5-16(2)15-27-21-9-6-19(7-10-21)8-11-22(23(24,25)26)20-13-17(3)12-18(4)14-20/h6-15,22,27H,5H2,1-4H3/b11-8+,16-15+. The highest BCUT2D eigenvalue weighted by atomic mass is 19.4. The maximum atomic E-state index is 13.6. The molecule has 0 aromatic heterocycles. The Labute approximate surface area is 159 Å². The molecule has 144 valence electrons. The summed E-state index contributed by atoms with van der Waals surface area (Å²) >= 11 is 0. The number of allylic oxidation sites excluding steroid dienone is 2. The van der Waals surface area contributed by atoms with E-state index in [2.05, 4.69) is 12.2 Å². The number of hydrogen-bond acceptors (Lipinski definition) is 1. The van der Waals surface area contributed by atoms with Crippen LogP contribution in [0.1, 0.15) is 48.4 Å². The van der Waals surface area contributed by atoms with Gasteiger partial charge in [0.1, 0.15) is 0 Å². The molecular formula is C23H26F3N. The molecule has 2 rings (SSSR count). The summed E-state index contributed by atoms with van der Waals surface area (Å²) in [5.41, 5.74) is 4.80. The second-order valence-corrected chi connectivity index (χ2v) is 6.91. The number of halogens is 3. The number of benzene rings is 2. The zero-order valence-corrected chi connectivity index (χ0v) is 16.2. The Hall–Kier alpha value is -2.49. The van der Waals surface area contributed by atoms with Crippen LogP contribution in [-0.2, 0) is 0 Å². The van der Waals surface area contributed by atoms with Crippen molar-refractivity contribution in [1.82, 2.24) is 0 Å². The molecule has 0 heterocycles. The van der Waals surface area contributed by atoms with Crippen molar-refractivity contribution in [1.29, 1.82) is 0 Å². The zero-order valence-electron chi connectivity index (χ0n) is 16.2. The monoisotopic (exact) mass is 373 g/mol. The van der Waals surface area contributed by atoms with Crippen molar-refractivity contribution in [3.05, 3.63) is 82.6 Å². The normalized spacial score (nSPS) is 13.8. The van der Waals surface area contributed by atoms with E-state index in [0.717, 1.165) is 28.8 Å². The first-order chi connectivity index (χ1) is 12.7. The van der Waals surface area contributed by atoms with Crippen LogP contribution in [0, 0.1) is 13.8 Å². The smallest absolute Gasteiger partial charge is 0.362 e. The average molecular weight is 373 g/mol. The fourth-order valence-electron chi connectivity index (χ4n) is 2.81. The Balaban J connectivity index is 2.21. The molecule has 0 aliphatic rings. The second-order valence-electron chi connectivity index (χ2n) is 6.91. The van der Waals surface area contributed by atoms with Gasteiger partial charge in [-0.3, -0.25) is 0 Å². The maximum absolute atomic E-state index is 13.6. The molecular weight excluding hydrogens is 347 g/mol. The molecule has 1 N–H and O–H groups in total. The first-order valence-corrected chi connectivity index (χ1v) is 9.04. The Kier molecular flexibility index (Phi) is 6.89. The maximum Gasteiger partial charge on any atom is 0.399 e. The van der Waals surface area contributed by atoms with Gasteiger partial charge in [-0.05, 0) is 56.7 Å². The Morgan fingerprint density at radius 3 is 2.15 bits per heavy atom. The molecule has 0 bridgehead atoms. The molecule has 0 amide bonds. The summed E-state index contributed by atoms with van der Waals surface area (Å²) < 4.78 is 40.7. The summed E-state index contributed by atoms with van der Waals surface area (Å²) in [6.45, 7) is 7.74. The lowest BCUT2D eigenvalue weighted by atomic mass is 9.94. The molecule has 27 heavy (non-hydrogen) atoms. The van der Waals surface area contributed by atoms with Gasteiger partial charge in [0.05, 0.1) is 5.92 Å². The van der Waals surface area contributed by atoms with Crippen molar-refractivity contribution >= 4 is 11.8 Å². The van der Waals surface area contributed by atoms with E-state index in [1.54, 1.807) is 12.1 Å². The molecule has 2 aromatic rings. The van der Waals surface area contributed by atoms with E-state index in [1.165, 1.54) is 17.7 Å². The van der Waals surface area contributed by atoms with E-state index in [4.69, 9.17) is 0 Å². The molecule has 0 fully saturated rings. The minimum atomic E-state index is -4.33. The molecule has 0 aliphatic carbocycles. The van der Waals surface area contributed by atoms with Crippen molar-refractivity contribution < 1.29 is 13.2 Å². The van der Waals surface area contributed by atoms with Crippen LogP contribution in [0.5, 0.6) is 0 Å². The molecule has 1 atom stereocenters. The molecule has 1 unspecified atom stereocenters. The molecule has 0 saturated heterocycles. The van der Waals surface area contributed by atoms with E-state index in [-0.39, 0.29) is 5.56 Å². The van der Waals surface area contributed by atoms with Crippen molar-refractivity contribution in [2.45, 2.75) is 46.2 Å². The number of aryl methyl sites for hydroxylation is 2. The highest BCUT2D eigenvalue weighted by molar-refractivity contribution is 5.57. The predicted molar refractivity (Wildman–Crippen MR) is 108 cm³/mol. The van der Waals surface area contributed by atoms with Gasteiger partial charge in [0.25, 0.3) is 0 Å². The molecule has 4 heteroatoms. The molecule has 0 saturated carbocycles. The minimum Gasteiger partial charge on any atom is -0.362 e. The fourth-order valence-corrected chi connectivity index (χ4v) is 2.81. The third-order valence-corrected chi connectivity index (χ3v) is 4.39. The van der Waals surface area contributed by atoms with Gasteiger partial charge in [-0.1, -0.05) is 66.1 Å². The van der Waals surface area contributed by atoms with Gasteiger partial charge >= 0.3 is 6.18 Å². The van der Waals surface area contributed by atoms with Crippen LogP contribution >= 0.6 is 0 Å². The lowest BCUT2D eigenvalue weighted by molar-refractivity contribution is -0.139. The summed E-state index contributed by atoms with van der Waals surface area (Å²) in [6, 6.07) is 12.4. The van der Waals surface area contributed by atoms with Gasteiger partial charge in [-0.2, -0.15) is 13.2 Å². The van der Waals surface area contributed by atoms with E-state index >= 15 is 0 Å². The molecule has 0 radical (unpaired) electrons. The van der Waals surface area contributed by atoms with Gasteiger partial charge in [-0.25, -0.2) is 0 Å². The average Bonchev–Trinajstić information content (AvgIpc) is 2.59. The van der Waals surface area contributed by atoms with E-state index in [0.29, 0.717) is 0 Å². The lowest BCUT2D eigenvalue weighted by Crippen LogP contribution is -2.19. The Morgan fingerprint density at radius 2 is 1.63 bits per heavy atom. The van der Waals surface area contributed by atoms with Crippen molar-refractivity contribution in [2.24, 2.45) is 0 Å². The Bertz CT molecular complexity index is 794. The van der Waals surface area contributed by atoms with Crippen LogP contribution in [0.4, 0.5) is 18.9 Å². The van der Waals surface area contributed by atoms with Crippen LogP contribution in [0.25, 0.3) is 6.08 Å². The SMILES string of the molecule is CC/C(C)=C/Nc1ccc(/C=C/C(c2cc(C)cc(C)c2)C(F)(F)F)cc1. The molecule has 1 nitrogen and oxygen atoms in total. The van der Waals surface area contributed by atoms with Gasteiger partial charge in [-0.15, -0.1) is 0 Å². The summed E-state index contributed by atoms with van der Waals surface area (Å²) in [7, 11) is 0. The predicted octanol–water partition coefficient (Wildman–Crippen LogP) is 7.39. The first-order valence-electron chi connectivity index (χ1n) is 9.04. The number of nitrogens with one attached hydrogen (secondary N) is 1.